The normalized spacial score (nSPS) is 21.4. The third-order valence-corrected chi connectivity index (χ3v) is 4.55. The van der Waals surface area contributed by atoms with E-state index in [9.17, 15) is 9.18 Å². The maximum Gasteiger partial charge on any atom is 0.250 e. The molecule has 1 atom stereocenters. The molecule has 0 unspecified atom stereocenters. The molecule has 1 aromatic carbocycles. The molecule has 0 N–H and O–H groups in total. The highest BCUT2D eigenvalue weighted by Gasteiger charge is 2.36. The molecule has 2 aliphatic rings. The first kappa shape index (κ1) is 14.4. The summed E-state index contributed by atoms with van der Waals surface area (Å²) in [6.07, 6.45) is 3.86. The number of carbonyl (C=O) groups excluding carboxylic acids is 1. The van der Waals surface area contributed by atoms with Gasteiger partial charge < -0.3 is 9.32 Å². The lowest BCUT2D eigenvalue weighted by molar-refractivity contribution is -0.133. The predicted octanol–water partition coefficient (Wildman–Crippen LogP) is 2.99. The summed E-state index contributed by atoms with van der Waals surface area (Å²) in [6, 6.07) is 6.35. The van der Waals surface area contributed by atoms with Gasteiger partial charge in [0.2, 0.25) is 11.8 Å². The van der Waals surface area contributed by atoms with Gasteiger partial charge in [0, 0.05) is 19.0 Å². The second-order valence-electron chi connectivity index (χ2n) is 6.32. The van der Waals surface area contributed by atoms with Crippen molar-refractivity contribution < 1.29 is 13.6 Å². The van der Waals surface area contributed by atoms with E-state index in [1.54, 1.807) is 18.2 Å². The summed E-state index contributed by atoms with van der Waals surface area (Å²) < 4.78 is 19.5. The molecular weight excluding hydrogens is 297 g/mol. The van der Waals surface area contributed by atoms with Crippen molar-refractivity contribution in [2.75, 3.05) is 13.1 Å². The number of halogens is 1. The van der Waals surface area contributed by atoms with Crippen LogP contribution in [0.1, 0.15) is 37.5 Å². The van der Waals surface area contributed by atoms with Crippen LogP contribution >= 0.6 is 0 Å². The molecule has 2 heterocycles. The lowest BCUT2D eigenvalue weighted by atomic mass is 9.97. The van der Waals surface area contributed by atoms with Crippen molar-refractivity contribution in [3.8, 4) is 11.5 Å². The van der Waals surface area contributed by atoms with Crippen LogP contribution in [0.4, 0.5) is 4.39 Å². The van der Waals surface area contributed by atoms with Crippen molar-refractivity contribution in [2.24, 2.45) is 5.92 Å². The largest absolute Gasteiger partial charge is 0.420 e. The fourth-order valence-corrected chi connectivity index (χ4v) is 3.11. The minimum atomic E-state index is -0.378. The molecule has 1 aliphatic heterocycles. The van der Waals surface area contributed by atoms with E-state index < -0.39 is 0 Å². The van der Waals surface area contributed by atoms with Crippen LogP contribution < -0.4 is 0 Å². The Hall–Kier alpha value is -2.24. The molecule has 5 nitrogen and oxygen atoms in total. The molecule has 1 aromatic heterocycles. The number of aromatic nitrogens is 2. The molecule has 1 aliphatic carbocycles. The van der Waals surface area contributed by atoms with Gasteiger partial charge in [-0.05, 0) is 37.8 Å². The smallest absolute Gasteiger partial charge is 0.250 e. The van der Waals surface area contributed by atoms with Gasteiger partial charge in [0.15, 0.2) is 0 Å². The van der Waals surface area contributed by atoms with Crippen molar-refractivity contribution in [2.45, 2.75) is 31.6 Å². The number of benzene rings is 1. The fraction of sp³-hybridized carbons (Fsp3) is 0.471. The number of hydrogen-bond donors (Lipinski definition) is 0. The number of likely N-dealkylation sites (tertiary alicyclic amines) is 1. The first-order chi connectivity index (χ1) is 11.2. The Labute approximate surface area is 133 Å². The van der Waals surface area contributed by atoms with Gasteiger partial charge in [0.25, 0.3) is 5.89 Å². The van der Waals surface area contributed by atoms with E-state index >= 15 is 0 Å². The Morgan fingerprint density at radius 2 is 2.04 bits per heavy atom. The first-order valence-electron chi connectivity index (χ1n) is 8.09. The summed E-state index contributed by atoms with van der Waals surface area (Å²) >= 11 is 0. The van der Waals surface area contributed by atoms with Gasteiger partial charge in [-0.25, -0.2) is 4.39 Å². The second-order valence-corrected chi connectivity index (χ2v) is 6.32. The van der Waals surface area contributed by atoms with Crippen molar-refractivity contribution in [1.82, 2.24) is 15.1 Å². The molecule has 0 bridgehead atoms. The standard InChI is InChI=1S/C17H18FN3O2/c18-14-6-2-1-5-13(14)16-20-19-15(23-16)12-4-3-9-21(10-12)17(22)11-7-8-11/h1-2,5-6,11-12H,3-4,7-10H2/t12-/m0/s1. The van der Waals surface area contributed by atoms with E-state index in [1.807, 2.05) is 4.90 Å². The van der Waals surface area contributed by atoms with E-state index in [2.05, 4.69) is 10.2 Å². The highest BCUT2D eigenvalue weighted by molar-refractivity contribution is 5.81. The molecule has 6 heteroatoms. The minimum Gasteiger partial charge on any atom is -0.420 e. The van der Waals surface area contributed by atoms with E-state index in [0.29, 0.717) is 18.0 Å². The highest BCUT2D eigenvalue weighted by atomic mass is 19.1. The summed E-state index contributed by atoms with van der Waals surface area (Å²) in [5, 5.41) is 8.07. The van der Waals surface area contributed by atoms with Gasteiger partial charge in [0.05, 0.1) is 11.5 Å². The minimum absolute atomic E-state index is 0.0412. The van der Waals surface area contributed by atoms with E-state index in [-0.39, 0.29) is 29.5 Å². The van der Waals surface area contributed by atoms with Crippen molar-refractivity contribution >= 4 is 5.91 Å². The van der Waals surface area contributed by atoms with E-state index in [0.717, 1.165) is 32.2 Å². The molecule has 120 valence electrons. The number of carbonyl (C=O) groups is 1. The molecule has 0 spiro atoms. The zero-order valence-electron chi connectivity index (χ0n) is 12.7. The van der Waals surface area contributed by atoms with Gasteiger partial charge in [-0.1, -0.05) is 12.1 Å². The quantitative estimate of drug-likeness (QED) is 0.873. The Balaban J connectivity index is 1.52. The monoisotopic (exact) mass is 315 g/mol. The van der Waals surface area contributed by atoms with Crippen molar-refractivity contribution in [3.63, 3.8) is 0 Å². The van der Waals surface area contributed by atoms with Crippen LogP contribution in [0.3, 0.4) is 0 Å². The van der Waals surface area contributed by atoms with Crippen LogP contribution in [0, 0.1) is 11.7 Å². The third-order valence-electron chi connectivity index (χ3n) is 4.55. The molecule has 2 fully saturated rings. The zero-order valence-corrected chi connectivity index (χ0v) is 12.7. The molecule has 1 saturated heterocycles. The Morgan fingerprint density at radius 3 is 2.83 bits per heavy atom. The predicted molar refractivity (Wildman–Crippen MR) is 81.0 cm³/mol. The summed E-state index contributed by atoms with van der Waals surface area (Å²) in [7, 11) is 0. The number of nitrogens with zero attached hydrogens (tertiary/aromatic N) is 3. The lowest BCUT2D eigenvalue weighted by Crippen LogP contribution is -2.40. The molecule has 0 radical (unpaired) electrons. The number of rotatable bonds is 3. The van der Waals surface area contributed by atoms with Gasteiger partial charge in [-0.2, -0.15) is 0 Å². The van der Waals surface area contributed by atoms with Crippen LogP contribution in [-0.2, 0) is 4.79 Å². The summed E-state index contributed by atoms with van der Waals surface area (Å²) in [5.41, 5.74) is 0.313. The molecule has 2 aromatic rings. The maximum absolute atomic E-state index is 13.8. The Kier molecular flexibility index (Phi) is 3.59. The van der Waals surface area contributed by atoms with Crippen LogP contribution in [0.15, 0.2) is 28.7 Å². The van der Waals surface area contributed by atoms with Crippen molar-refractivity contribution in [1.29, 1.82) is 0 Å². The van der Waals surface area contributed by atoms with Gasteiger partial charge in [-0.15, -0.1) is 10.2 Å². The number of amides is 1. The van der Waals surface area contributed by atoms with Crippen LogP contribution in [0.25, 0.3) is 11.5 Å². The van der Waals surface area contributed by atoms with Crippen LogP contribution in [0.5, 0.6) is 0 Å². The summed E-state index contributed by atoms with van der Waals surface area (Å²) in [6.45, 7) is 1.42. The first-order valence-corrected chi connectivity index (χ1v) is 8.09. The summed E-state index contributed by atoms with van der Waals surface area (Å²) in [4.78, 5) is 14.1. The van der Waals surface area contributed by atoms with Crippen LogP contribution in [0.2, 0.25) is 0 Å². The van der Waals surface area contributed by atoms with Crippen LogP contribution in [-0.4, -0.2) is 34.1 Å². The van der Waals surface area contributed by atoms with Gasteiger partial charge >= 0.3 is 0 Å². The zero-order chi connectivity index (χ0) is 15.8. The second kappa shape index (κ2) is 5.76. The molecule has 1 saturated carbocycles. The summed E-state index contributed by atoms with van der Waals surface area (Å²) in [5.74, 6) is 0.839. The Morgan fingerprint density at radius 1 is 1.22 bits per heavy atom. The fourth-order valence-electron chi connectivity index (χ4n) is 3.11. The molecule has 4 rings (SSSR count). The molecule has 1 amide bonds. The van der Waals surface area contributed by atoms with Crippen molar-refractivity contribution in [3.05, 3.63) is 36.0 Å². The topological polar surface area (TPSA) is 59.2 Å². The molecular formula is C17H18FN3O2. The number of piperidine rings is 1. The SMILES string of the molecule is O=C(C1CC1)N1CCC[C@H](c2nnc(-c3ccccc3F)o2)C1. The average molecular weight is 315 g/mol. The van der Waals surface area contributed by atoms with Gasteiger partial charge in [-0.3, -0.25) is 4.79 Å². The van der Waals surface area contributed by atoms with E-state index in [4.69, 9.17) is 4.42 Å². The lowest BCUT2D eigenvalue weighted by Gasteiger charge is -2.31. The van der Waals surface area contributed by atoms with E-state index in [1.165, 1.54) is 6.07 Å². The van der Waals surface area contributed by atoms with Gasteiger partial charge in [0.1, 0.15) is 5.82 Å². The highest BCUT2D eigenvalue weighted by Crippen LogP contribution is 2.34. The third kappa shape index (κ3) is 2.85. The molecule has 23 heavy (non-hydrogen) atoms. The maximum atomic E-state index is 13.8. The number of hydrogen-bond acceptors (Lipinski definition) is 4. The average Bonchev–Trinajstić information content (AvgIpc) is 3.32. The Bertz CT molecular complexity index is 726.